The molecule has 112 valence electrons. The molecule has 0 fully saturated rings. The third-order valence-electron chi connectivity index (χ3n) is 2.85. The number of aliphatic carboxylic acids is 1. The maximum atomic E-state index is 11.5. The van der Waals surface area contributed by atoms with Crippen molar-refractivity contribution in [2.24, 2.45) is 16.6 Å². The fourth-order valence-electron chi connectivity index (χ4n) is 1.87. The van der Waals surface area contributed by atoms with Crippen LogP contribution in [0.5, 0.6) is 0 Å². The average molecular weight is 282 g/mol. The molecule has 20 heavy (non-hydrogen) atoms. The first-order valence-corrected chi connectivity index (χ1v) is 6.60. The van der Waals surface area contributed by atoms with Crippen molar-refractivity contribution in [2.75, 3.05) is 6.54 Å². The van der Waals surface area contributed by atoms with Gasteiger partial charge in [-0.15, -0.1) is 5.10 Å². The Morgan fingerprint density at radius 3 is 2.80 bits per heavy atom. The molecule has 6 N–H and O–H groups in total. The zero-order valence-electron chi connectivity index (χ0n) is 11.6. The molecule has 1 aromatic rings. The van der Waals surface area contributed by atoms with E-state index in [9.17, 15) is 9.90 Å². The summed E-state index contributed by atoms with van der Waals surface area (Å²) in [6, 6.07) is -0.825. The Kier molecular flexibility index (Phi) is 6.34. The molecule has 0 saturated heterocycles. The van der Waals surface area contributed by atoms with E-state index < -0.39 is 12.0 Å². The molecule has 8 heteroatoms. The highest BCUT2D eigenvalue weighted by molar-refractivity contribution is 5.77. The lowest BCUT2D eigenvalue weighted by atomic mass is 10.1. The topological polar surface area (TPSA) is 134 Å². The van der Waals surface area contributed by atoms with Gasteiger partial charge in [-0.2, -0.15) is 0 Å². The number of carboxylic acids is 1. The molecule has 0 amide bonds. The van der Waals surface area contributed by atoms with Crippen LogP contribution in [0.2, 0.25) is 0 Å². The second kappa shape index (κ2) is 8.03. The number of hydrogen-bond donors (Lipinski definition) is 4. The molecule has 0 bridgehead atoms. The van der Waals surface area contributed by atoms with E-state index in [-0.39, 0.29) is 12.4 Å². The van der Waals surface area contributed by atoms with E-state index in [0.717, 1.165) is 25.0 Å². The van der Waals surface area contributed by atoms with Gasteiger partial charge in [-0.3, -0.25) is 5.01 Å². The van der Waals surface area contributed by atoms with Crippen LogP contribution in [0.15, 0.2) is 17.6 Å². The highest BCUT2D eigenvalue weighted by atomic mass is 16.4. The Hall–Kier alpha value is -2.25. The molecule has 0 unspecified atom stereocenters. The number of aromatic nitrogens is 2. The molecule has 8 nitrogen and oxygen atoms in total. The van der Waals surface area contributed by atoms with Gasteiger partial charge in [0, 0.05) is 24.9 Å². The van der Waals surface area contributed by atoms with E-state index in [1.807, 2.05) is 0 Å². The van der Waals surface area contributed by atoms with Gasteiger partial charge in [0.2, 0.25) is 5.96 Å². The van der Waals surface area contributed by atoms with Crippen molar-refractivity contribution in [2.45, 2.75) is 38.6 Å². The van der Waals surface area contributed by atoms with Crippen LogP contribution in [0.3, 0.4) is 0 Å². The molecule has 0 radical (unpaired) electrons. The largest absolute Gasteiger partial charge is 0.480 e. The number of nitrogens with zero attached hydrogens (tertiary/aromatic N) is 3. The number of nitrogens with two attached hydrogens (primary N) is 2. The highest BCUT2D eigenvalue weighted by Gasteiger charge is 2.25. The second-order valence-corrected chi connectivity index (χ2v) is 4.53. The monoisotopic (exact) mass is 282 g/mol. The zero-order valence-corrected chi connectivity index (χ0v) is 11.6. The number of hydrazone groups is 1. The summed E-state index contributed by atoms with van der Waals surface area (Å²) in [5.74, 6) is -1.11. The molecule has 0 aliphatic rings. The summed E-state index contributed by atoms with van der Waals surface area (Å²) in [6.45, 7) is 2.57. The Labute approximate surface area is 117 Å². The van der Waals surface area contributed by atoms with Crippen LogP contribution < -0.4 is 11.5 Å². The maximum absolute atomic E-state index is 11.5. The van der Waals surface area contributed by atoms with E-state index in [4.69, 9.17) is 11.5 Å². The number of carboxylic acid groups (broad SMARTS) is 1. The lowest BCUT2D eigenvalue weighted by Gasteiger charge is -2.25. The smallest absolute Gasteiger partial charge is 0.328 e. The summed E-state index contributed by atoms with van der Waals surface area (Å²) >= 11 is 0. The standard InChI is InChI=1S/C12H22N6O2/c1-2-3-4-5-18(17-12(13)14)10(11(19)20)6-9-7-15-8-16-9/h7-8,10H,2-6H2,1H3,(H,15,16)(H,19,20)(H4,13,14,17)/t10-/m0/s1. The van der Waals surface area contributed by atoms with Gasteiger partial charge in [0.05, 0.1) is 6.33 Å². The molecule has 1 atom stereocenters. The van der Waals surface area contributed by atoms with E-state index in [1.54, 1.807) is 6.20 Å². The van der Waals surface area contributed by atoms with E-state index in [1.165, 1.54) is 11.3 Å². The van der Waals surface area contributed by atoms with Crippen LogP contribution in [-0.2, 0) is 11.2 Å². The van der Waals surface area contributed by atoms with E-state index in [2.05, 4.69) is 22.0 Å². The van der Waals surface area contributed by atoms with Crippen molar-refractivity contribution in [3.63, 3.8) is 0 Å². The summed E-state index contributed by atoms with van der Waals surface area (Å²) in [6.07, 6.45) is 6.23. The number of guanidine groups is 1. The van der Waals surface area contributed by atoms with Gasteiger partial charge in [-0.1, -0.05) is 19.8 Å². The van der Waals surface area contributed by atoms with Gasteiger partial charge >= 0.3 is 5.97 Å². The normalized spacial score (nSPS) is 11.8. The summed E-state index contributed by atoms with van der Waals surface area (Å²) in [5, 5.41) is 14.8. The number of aromatic amines is 1. The molecule has 0 aliphatic heterocycles. The van der Waals surface area contributed by atoms with Crippen molar-refractivity contribution in [3.05, 3.63) is 18.2 Å². The van der Waals surface area contributed by atoms with Gasteiger partial charge < -0.3 is 21.6 Å². The molecule has 0 aromatic carbocycles. The van der Waals surface area contributed by atoms with Gasteiger partial charge in [-0.05, 0) is 6.42 Å². The van der Waals surface area contributed by atoms with Crippen LogP contribution in [-0.4, -0.2) is 44.6 Å². The van der Waals surface area contributed by atoms with Crippen molar-refractivity contribution in [3.8, 4) is 0 Å². The lowest BCUT2D eigenvalue weighted by Crippen LogP contribution is -2.42. The van der Waals surface area contributed by atoms with Crippen LogP contribution in [0.4, 0.5) is 0 Å². The fraction of sp³-hybridized carbons (Fsp3) is 0.583. The third kappa shape index (κ3) is 5.17. The predicted molar refractivity (Wildman–Crippen MR) is 75.8 cm³/mol. The van der Waals surface area contributed by atoms with Crippen molar-refractivity contribution >= 4 is 11.9 Å². The molecule has 0 spiro atoms. The maximum Gasteiger partial charge on any atom is 0.328 e. The van der Waals surface area contributed by atoms with Crippen LogP contribution in [0, 0.1) is 0 Å². The second-order valence-electron chi connectivity index (χ2n) is 4.53. The van der Waals surface area contributed by atoms with Gasteiger partial charge in [0.15, 0.2) is 0 Å². The van der Waals surface area contributed by atoms with Crippen LogP contribution >= 0.6 is 0 Å². The molecular formula is C12H22N6O2. The van der Waals surface area contributed by atoms with Gasteiger partial charge in [0.25, 0.3) is 0 Å². The first kappa shape index (κ1) is 15.8. The zero-order chi connectivity index (χ0) is 15.0. The van der Waals surface area contributed by atoms with Crippen molar-refractivity contribution in [1.29, 1.82) is 0 Å². The predicted octanol–water partition coefficient (Wildman–Crippen LogP) is 0.0860. The van der Waals surface area contributed by atoms with Crippen molar-refractivity contribution < 1.29 is 9.90 Å². The lowest BCUT2D eigenvalue weighted by molar-refractivity contribution is -0.143. The number of imidazole rings is 1. The Balaban J connectivity index is 2.80. The summed E-state index contributed by atoms with van der Waals surface area (Å²) in [5.41, 5.74) is 11.5. The summed E-state index contributed by atoms with van der Waals surface area (Å²) < 4.78 is 0. The summed E-state index contributed by atoms with van der Waals surface area (Å²) in [4.78, 5) is 18.2. The number of carbonyl (C=O) groups is 1. The molecule has 0 saturated carbocycles. The molecule has 1 rings (SSSR count). The van der Waals surface area contributed by atoms with E-state index in [0.29, 0.717) is 6.54 Å². The minimum atomic E-state index is -0.971. The molecule has 1 heterocycles. The third-order valence-corrected chi connectivity index (χ3v) is 2.85. The first-order chi connectivity index (χ1) is 9.54. The van der Waals surface area contributed by atoms with Gasteiger partial charge in [-0.25, -0.2) is 9.78 Å². The van der Waals surface area contributed by atoms with Gasteiger partial charge in [0.1, 0.15) is 6.04 Å². The Morgan fingerprint density at radius 1 is 1.55 bits per heavy atom. The number of nitrogens with one attached hydrogen (secondary N) is 1. The molecule has 0 aliphatic carbocycles. The minimum Gasteiger partial charge on any atom is -0.480 e. The SMILES string of the molecule is CCCCCN(N=C(N)N)[C@@H](Cc1cnc[nH]1)C(=O)O. The van der Waals surface area contributed by atoms with Crippen LogP contribution in [0.25, 0.3) is 0 Å². The van der Waals surface area contributed by atoms with Crippen molar-refractivity contribution in [1.82, 2.24) is 15.0 Å². The number of H-pyrrole nitrogens is 1. The number of hydrogen-bond acceptors (Lipinski definition) is 4. The van der Waals surface area contributed by atoms with E-state index >= 15 is 0 Å². The quantitative estimate of drug-likeness (QED) is 0.219. The summed E-state index contributed by atoms with van der Waals surface area (Å²) in [7, 11) is 0. The Bertz CT molecular complexity index is 427. The number of rotatable bonds is 9. The highest BCUT2D eigenvalue weighted by Crippen LogP contribution is 2.10. The fourth-order valence-corrected chi connectivity index (χ4v) is 1.87. The average Bonchev–Trinajstić information content (AvgIpc) is 2.87. The first-order valence-electron chi connectivity index (χ1n) is 6.60. The van der Waals surface area contributed by atoms with Crippen LogP contribution in [0.1, 0.15) is 31.9 Å². The minimum absolute atomic E-state index is 0.141. The number of unbranched alkanes of at least 4 members (excludes halogenated alkanes) is 2. The molecule has 1 aromatic heterocycles. The molecular weight excluding hydrogens is 260 g/mol. The Morgan fingerprint density at radius 2 is 2.30 bits per heavy atom.